The van der Waals surface area contributed by atoms with Gasteiger partial charge < -0.3 is 9.14 Å². The third-order valence-corrected chi connectivity index (χ3v) is 3.80. The highest BCUT2D eigenvalue weighted by molar-refractivity contribution is 6.13. The number of hydrogen-bond donors (Lipinski definition) is 0. The van der Waals surface area contributed by atoms with Crippen LogP contribution in [0.3, 0.4) is 0 Å². The van der Waals surface area contributed by atoms with Crippen molar-refractivity contribution in [2.75, 3.05) is 6.73 Å². The molecule has 0 N–H and O–H groups in total. The number of nitrogens with zero attached hydrogens (tertiary/aromatic N) is 4. The Labute approximate surface area is 124 Å². The molecule has 3 aromatic heterocycles. The first kappa shape index (κ1) is 12.5. The van der Waals surface area contributed by atoms with E-state index in [1.54, 1.807) is 0 Å². The Hall–Kier alpha value is -3.24. The van der Waals surface area contributed by atoms with Crippen molar-refractivity contribution in [1.29, 1.82) is 0 Å². The summed E-state index contributed by atoms with van der Waals surface area (Å²) in [6, 6.07) is 15.7. The molecule has 4 aromatic rings. The summed E-state index contributed by atoms with van der Waals surface area (Å²) in [5, 5.41) is 5.46. The minimum absolute atomic E-state index is 0.307. The van der Waals surface area contributed by atoms with Crippen LogP contribution >= 0.6 is 0 Å². The number of esters is 1. The molecular formula is C16H10N4O2. The minimum Gasteiger partial charge on any atom is -0.456 e. The number of pyridine rings is 1. The van der Waals surface area contributed by atoms with Gasteiger partial charge in [0.1, 0.15) is 0 Å². The van der Waals surface area contributed by atoms with Gasteiger partial charge in [-0.25, -0.2) is 4.79 Å². The first-order valence-corrected chi connectivity index (χ1v) is 6.73. The molecule has 0 saturated carbocycles. The van der Waals surface area contributed by atoms with Crippen molar-refractivity contribution in [3.05, 3.63) is 64.5 Å². The first-order chi connectivity index (χ1) is 10.8. The van der Waals surface area contributed by atoms with E-state index in [2.05, 4.69) is 20.5 Å². The summed E-state index contributed by atoms with van der Waals surface area (Å²) in [7, 11) is 0. The average molecular weight is 290 g/mol. The maximum Gasteiger partial charge on any atom is 0.340 e. The average Bonchev–Trinajstić information content (AvgIpc) is 3.09. The predicted octanol–water partition coefficient (Wildman–Crippen LogP) is 4.11. The normalized spacial score (nSPS) is 11.1. The van der Waals surface area contributed by atoms with E-state index in [4.69, 9.17) is 10.3 Å². The minimum atomic E-state index is -0.493. The zero-order valence-electron chi connectivity index (χ0n) is 11.4. The molecule has 0 saturated heterocycles. The van der Waals surface area contributed by atoms with Gasteiger partial charge >= 0.3 is 5.97 Å². The Morgan fingerprint density at radius 3 is 2.59 bits per heavy atom. The number of carbonyl (C=O) groups is 1. The first-order valence-electron chi connectivity index (χ1n) is 6.73. The molecule has 0 radical (unpaired) electrons. The van der Waals surface area contributed by atoms with Crippen molar-refractivity contribution in [3.63, 3.8) is 0 Å². The number of aromatic nitrogens is 1. The molecule has 0 aliphatic carbocycles. The molecule has 4 rings (SSSR count). The monoisotopic (exact) mass is 290 g/mol. The van der Waals surface area contributed by atoms with Gasteiger partial charge in [-0.05, 0) is 23.7 Å². The maximum atomic E-state index is 12.2. The van der Waals surface area contributed by atoms with E-state index in [0.29, 0.717) is 5.56 Å². The quantitative estimate of drug-likeness (QED) is 0.246. The zero-order chi connectivity index (χ0) is 15.1. The molecule has 0 bridgehead atoms. The molecule has 0 atom stereocenters. The molecule has 0 aliphatic rings. The van der Waals surface area contributed by atoms with Crippen LogP contribution in [0, 0.1) is 0 Å². The molecule has 0 spiro atoms. The van der Waals surface area contributed by atoms with Crippen LogP contribution in [0.5, 0.6) is 0 Å². The second-order valence-electron chi connectivity index (χ2n) is 4.91. The molecule has 1 aromatic carbocycles. The van der Waals surface area contributed by atoms with Crippen LogP contribution < -0.4 is 0 Å². The Morgan fingerprint density at radius 2 is 1.82 bits per heavy atom. The summed E-state index contributed by atoms with van der Waals surface area (Å²) in [5.74, 6) is -0.493. The highest BCUT2D eigenvalue weighted by Crippen LogP contribution is 2.33. The molecule has 0 fully saturated rings. The highest BCUT2D eigenvalue weighted by Gasteiger charge is 2.19. The van der Waals surface area contributed by atoms with Gasteiger partial charge in [-0.15, -0.1) is 0 Å². The van der Waals surface area contributed by atoms with E-state index in [9.17, 15) is 4.79 Å². The molecule has 3 heterocycles. The molecule has 6 heteroatoms. The molecule has 106 valence electrons. The molecular weight excluding hydrogens is 280 g/mol. The van der Waals surface area contributed by atoms with Gasteiger partial charge in [0.15, 0.2) is 6.73 Å². The molecule has 0 aliphatic heterocycles. The van der Waals surface area contributed by atoms with Gasteiger partial charge in [0.05, 0.1) is 22.1 Å². The standard InChI is InChI=1S/C16H10N4O2/c17-19-18-9-22-16(21)12-8-15-11-5-2-1-4-10(11)13-6-3-7-14(12)20(13)15/h1-8H,9H2. The number of benzene rings is 1. The number of carbonyl (C=O) groups excluding carboxylic acids is 1. The van der Waals surface area contributed by atoms with Gasteiger partial charge in [-0.1, -0.05) is 35.4 Å². The Bertz CT molecular complexity index is 1060. The van der Waals surface area contributed by atoms with Crippen molar-refractivity contribution >= 4 is 33.3 Å². The lowest BCUT2D eigenvalue weighted by Gasteiger charge is -2.01. The van der Waals surface area contributed by atoms with E-state index < -0.39 is 5.97 Å². The Balaban J connectivity index is 1.97. The number of rotatable bonds is 3. The lowest BCUT2D eigenvalue weighted by Crippen LogP contribution is -2.04. The van der Waals surface area contributed by atoms with Crippen LogP contribution in [-0.4, -0.2) is 17.1 Å². The third kappa shape index (κ3) is 1.62. The molecule has 6 nitrogen and oxygen atoms in total. The number of fused-ring (bicyclic) bond motifs is 3. The Kier molecular flexibility index (Phi) is 2.64. The lowest BCUT2D eigenvalue weighted by atomic mass is 10.1. The second-order valence-corrected chi connectivity index (χ2v) is 4.91. The molecule has 22 heavy (non-hydrogen) atoms. The predicted molar refractivity (Wildman–Crippen MR) is 83.0 cm³/mol. The second kappa shape index (κ2) is 4.65. The SMILES string of the molecule is [N-]=[N+]=NCOC(=O)c1cc2c3ccccc3c3cccc1n32. The van der Waals surface area contributed by atoms with Crippen molar-refractivity contribution in [2.45, 2.75) is 0 Å². The van der Waals surface area contributed by atoms with E-state index >= 15 is 0 Å². The van der Waals surface area contributed by atoms with Gasteiger partial charge in [0.2, 0.25) is 0 Å². The van der Waals surface area contributed by atoms with E-state index in [1.807, 2.05) is 42.5 Å². The summed E-state index contributed by atoms with van der Waals surface area (Å²) in [4.78, 5) is 14.7. The summed E-state index contributed by atoms with van der Waals surface area (Å²) in [6.45, 7) is -0.307. The van der Waals surface area contributed by atoms with Crippen molar-refractivity contribution in [3.8, 4) is 0 Å². The number of hydrogen-bond acceptors (Lipinski definition) is 3. The maximum absolute atomic E-state index is 12.2. The lowest BCUT2D eigenvalue weighted by molar-refractivity contribution is 0.0518. The van der Waals surface area contributed by atoms with Crippen LogP contribution in [-0.2, 0) is 4.74 Å². The summed E-state index contributed by atoms with van der Waals surface area (Å²) < 4.78 is 7.02. The van der Waals surface area contributed by atoms with Crippen LogP contribution in [0.25, 0.3) is 37.8 Å². The fourth-order valence-corrected chi connectivity index (χ4v) is 2.95. The molecule has 0 amide bonds. The van der Waals surface area contributed by atoms with E-state index in [1.165, 1.54) is 0 Å². The van der Waals surface area contributed by atoms with Crippen molar-refractivity contribution < 1.29 is 9.53 Å². The van der Waals surface area contributed by atoms with Gasteiger partial charge in [-0.3, -0.25) is 0 Å². The smallest absolute Gasteiger partial charge is 0.340 e. The number of azide groups is 1. The fraction of sp³-hybridized carbons (Fsp3) is 0.0625. The van der Waals surface area contributed by atoms with Gasteiger partial charge in [0.25, 0.3) is 0 Å². The highest BCUT2D eigenvalue weighted by atomic mass is 16.5. The van der Waals surface area contributed by atoms with Crippen LogP contribution in [0.15, 0.2) is 53.6 Å². The molecule has 0 unspecified atom stereocenters. The summed E-state index contributed by atoms with van der Waals surface area (Å²) in [5.41, 5.74) is 11.5. The van der Waals surface area contributed by atoms with E-state index in [-0.39, 0.29) is 6.73 Å². The van der Waals surface area contributed by atoms with Gasteiger partial charge in [-0.2, -0.15) is 0 Å². The number of ether oxygens (including phenoxy) is 1. The van der Waals surface area contributed by atoms with Crippen molar-refractivity contribution in [2.24, 2.45) is 5.11 Å². The summed E-state index contributed by atoms with van der Waals surface area (Å²) >= 11 is 0. The summed E-state index contributed by atoms with van der Waals surface area (Å²) in [6.07, 6.45) is 0. The third-order valence-electron chi connectivity index (χ3n) is 3.80. The zero-order valence-corrected chi connectivity index (χ0v) is 11.4. The van der Waals surface area contributed by atoms with Crippen LogP contribution in [0.4, 0.5) is 0 Å². The van der Waals surface area contributed by atoms with Crippen molar-refractivity contribution in [1.82, 2.24) is 4.40 Å². The van der Waals surface area contributed by atoms with E-state index in [0.717, 1.165) is 27.3 Å². The van der Waals surface area contributed by atoms with Gasteiger partial charge in [0, 0.05) is 15.7 Å². The topological polar surface area (TPSA) is 79.5 Å². The Morgan fingerprint density at radius 1 is 1.09 bits per heavy atom. The fourth-order valence-electron chi connectivity index (χ4n) is 2.95. The van der Waals surface area contributed by atoms with Crippen LogP contribution in [0.1, 0.15) is 10.4 Å². The largest absolute Gasteiger partial charge is 0.456 e. The van der Waals surface area contributed by atoms with Crippen LogP contribution in [0.2, 0.25) is 0 Å².